The number of hydrogen-bond donors (Lipinski definition) is 1. The largest absolute Gasteiger partial charge is 0.477 e. The molecule has 0 atom stereocenters. The summed E-state index contributed by atoms with van der Waals surface area (Å²) in [4.78, 5) is 15.1. The minimum Gasteiger partial charge on any atom is -0.477 e. The molecular formula is C16H19N3O2S. The maximum absolute atomic E-state index is 11.1. The average molecular weight is 317 g/mol. The monoisotopic (exact) mass is 317 g/mol. The Labute approximate surface area is 133 Å². The Morgan fingerprint density at radius 1 is 1.45 bits per heavy atom. The van der Waals surface area contributed by atoms with Crippen molar-refractivity contribution in [1.29, 1.82) is 0 Å². The van der Waals surface area contributed by atoms with Crippen LogP contribution in [-0.4, -0.2) is 32.3 Å². The number of carboxylic acid groups (broad SMARTS) is 1. The Kier molecular flexibility index (Phi) is 3.31. The van der Waals surface area contributed by atoms with Gasteiger partial charge in [0, 0.05) is 43.2 Å². The van der Waals surface area contributed by atoms with Crippen molar-refractivity contribution in [3.05, 3.63) is 38.8 Å². The van der Waals surface area contributed by atoms with Crippen molar-refractivity contribution in [2.24, 2.45) is 7.05 Å². The Hall–Kier alpha value is -1.66. The smallest absolute Gasteiger partial charge is 0.345 e. The molecule has 0 aromatic carbocycles. The first-order chi connectivity index (χ1) is 10.6. The minimum atomic E-state index is -0.815. The quantitative estimate of drug-likeness (QED) is 0.942. The Balaban J connectivity index is 1.48. The summed E-state index contributed by atoms with van der Waals surface area (Å²) < 4.78 is 2.02. The molecule has 1 aliphatic carbocycles. The number of aryl methyl sites for hydroxylation is 1. The number of aromatic nitrogens is 2. The molecule has 1 fully saturated rings. The van der Waals surface area contributed by atoms with Gasteiger partial charge in [0.05, 0.1) is 5.69 Å². The van der Waals surface area contributed by atoms with E-state index < -0.39 is 5.97 Å². The zero-order valence-corrected chi connectivity index (χ0v) is 13.4. The number of carboxylic acids is 1. The maximum atomic E-state index is 11.1. The number of thiophene rings is 1. The van der Waals surface area contributed by atoms with Crippen molar-refractivity contribution in [3.63, 3.8) is 0 Å². The number of rotatable bonds is 4. The van der Waals surface area contributed by atoms with Crippen molar-refractivity contribution in [3.8, 4) is 0 Å². The fourth-order valence-electron chi connectivity index (χ4n) is 3.22. The zero-order valence-electron chi connectivity index (χ0n) is 12.6. The van der Waals surface area contributed by atoms with Gasteiger partial charge < -0.3 is 5.11 Å². The lowest BCUT2D eigenvalue weighted by molar-refractivity contribution is 0.0702. The van der Waals surface area contributed by atoms with E-state index >= 15 is 0 Å². The molecule has 3 heterocycles. The van der Waals surface area contributed by atoms with E-state index in [9.17, 15) is 4.79 Å². The molecule has 0 unspecified atom stereocenters. The van der Waals surface area contributed by atoms with Gasteiger partial charge in [-0.25, -0.2) is 4.79 Å². The summed E-state index contributed by atoms with van der Waals surface area (Å²) in [6.45, 7) is 2.65. The molecule has 2 aliphatic rings. The van der Waals surface area contributed by atoms with Crippen molar-refractivity contribution in [2.45, 2.75) is 38.3 Å². The summed E-state index contributed by atoms with van der Waals surface area (Å²) in [6.07, 6.45) is 3.51. The summed E-state index contributed by atoms with van der Waals surface area (Å²) in [7, 11) is 2.03. The van der Waals surface area contributed by atoms with Gasteiger partial charge in [0.15, 0.2) is 0 Å². The topological polar surface area (TPSA) is 58.4 Å². The van der Waals surface area contributed by atoms with Gasteiger partial charge in [-0.05, 0) is 37.0 Å². The highest BCUT2D eigenvalue weighted by atomic mass is 32.1. The predicted octanol–water partition coefficient (Wildman–Crippen LogP) is 2.62. The highest BCUT2D eigenvalue weighted by Gasteiger charge is 2.28. The van der Waals surface area contributed by atoms with Crippen LogP contribution in [0.3, 0.4) is 0 Å². The van der Waals surface area contributed by atoms with Crippen LogP contribution in [0.1, 0.15) is 50.3 Å². The molecule has 6 heteroatoms. The molecule has 1 aliphatic heterocycles. The number of fused-ring (bicyclic) bond motifs is 1. The van der Waals surface area contributed by atoms with Crippen LogP contribution < -0.4 is 0 Å². The van der Waals surface area contributed by atoms with E-state index in [0.29, 0.717) is 4.88 Å². The SMILES string of the molecule is Cn1nc(CN2CCc3cc(C(=O)O)sc3C2)cc1C1CC1. The van der Waals surface area contributed by atoms with E-state index in [2.05, 4.69) is 16.1 Å². The first kappa shape index (κ1) is 14.0. The first-order valence-electron chi connectivity index (χ1n) is 7.70. The van der Waals surface area contributed by atoms with E-state index in [-0.39, 0.29) is 0 Å². The number of carbonyl (C=O) groups is 1. The van der Waals surface area contributed by atoms with Gasteiger partial charge in [0.2, 0.25) is 0 Å². The predicted molar refractivity (Wildman–Crippen MR) is 84.3 cm³/mol. The molecule has 0 saturated heterocycles. The van der Waals surface area contributed by atoms with Gasteiger partial charge >= 0.3 is 5.97 Å². The third-order valence-corrected chi connectivity index (χ3v) is 5.67. The summed E-state index contributed by atoms with van der Waals surface area (Å²) in [5, 5.41) is 13.8. The van der Waals surface area contributed by atoms with Crippen molar-refractivity contribution < 1.29 is 9.90 Å². The van der Waals surface area contributed by atoms with Crippen LogP contribution in [0.15, 0.2) is 12.1 Å². The van der Waals surface area contributed by atoms with Crippen molar-refractivity contribution in [2.75, 3.05) is 6.54 Å². The van der Waals surface area contributed by atoms with E-state index in [1.165, 1.54) is 40.3 Å². The maximum Gasteiger partial charge on any atom is 0.345 e. The fourth-order valence-corrected chi connectivity index (χ4v) is 4.32. The molecule has 4 rings (SSSR count). The lowest BCUT2D eigenvalue weighted by atomic mass is 10.1. The Bertz CT molecular complexity index is 730. The second-order valence-corrected chi connectivity index (χ2v) is 7.42. The van der Waals surface area contributed by atoms with Gasteiger partial charge in [0.25, 0.3) is 0 Å². The Morgan fingerprint density at radius 2 is 2.27 bits per heavy atom. The number of aromatic carboxylic acids is 1. The van der Waals surface area contributed by atoms with Crippen LogP contribution in [0.25, 0.3) is 0 Å². The lowest BCUT2D eigenvalue weighted by Crippen LogP contribution is -2.29. The third-order valence-electron chi connectivity index (χ3n) is 4.52. The van der Waals surface area contributed by atoms with Gasteiger partial charge in [-0.3, -0.25) is 9.58 Å². The molecule has 1 N–H and O–H groups in total. The molecule has 22 heavy (non-hydrogen) atoms. The normalized spacial score (nSPS) is 18.4. The van der Waals surface area contributed by atoms with Crippen LogP contribution in [0.4, 0.5) is 0 Å². The Morgan fingerprint density at radius 3 is 3.00 bits per heavy atom. The van der Waals surface area contributed by atoms with E-state index in [0.717, 1.165) is 37.7 Å². The van der Waals surface area contributed by atoms with Crippen LogP contribution in [0, 0.1) is 0 Å². The third kappa shape index (κ3) is 2.57. The molecule has 2 aromatic rings. The molecule has 1 saturated carbocycles. The first-order valence-corrected chi connectivity index (χ1v) is 8.52. The highest BCUT2D eigenvalue weighted by molar-refractivity contribution is 7.14. The highest BCUT2D eigenvalue weighted by Crippen LogP contribution is 2.40. The van der Waals surface area contributed by atoms with Gasteiger partial charge in [0.1, 0.15) is 4.88 Å². The molecular weight excluding hydrogens is 298 g/mol. The summed E-state index contributed by atoms with van der Waals surface area (Å²) >= 11 is 1.41. The van der Waals surface area contributed by atoms with Gasteiger partial charge in [-0.15, -0.1) is 11.3 Å². The molecule has 0 radical (unpaired) electrons. The summed E-state index contributed by atoms with van der Waals surface area (Å²) in [5.74, 6) is -0.0978. The molecule has 0 bridgehead atoms. The summed E-state index contributed by atoms with van der Waals surface area (Å²) in [5.41, 5.74) is 3.69. The van der Waals surface area contributed by atoms with Gasteiger partial charge in [-0.2, -0.15) is 5.10 Å². The average Bonchev–Trinajstić information content (AvgIpc) is 3.12. The molecule has 116 valence electrons. The van der Waals surface area contributed by atoms with E-state index in [1.807, 2.05) is 17.8 Å². The second-order valence-electron chi connectivity index (χ2n) is 6.28. The molecule has 5 nitrogen and oxygen atoms in total. The lowest BCUT2D eigenvalue weighted by Gasteiger charge is -2.25. The molecule has 0 amide bonds. The van der Waals surface area contributed by atoms with Crippen molar-refractivity contribution >= 4 is 17.3 Å². The zero-order chi connectivity index (χ0) is 15.3. The van der Waals surface area contributed by atoms with Crippen molar-refractivity contribution in [1.82, 2.24) is 14.7 Å². The molecule has 2 aromatic heterocycles. The van der Waals surface area contributed by atoms with Gasteiger partial charge in [-0.1, -0.05) is 0 Å². The fraction of sp³-hybridized carbons (Fsp3) is 0.500. The summed E-state index contributed by atoms with van der Waals surface area (Å²) in [6, 6.07) is 4.08. The number of hydrogen-bond acceptors (Lipinski definition) is 4. The van der Waals surface area contributed by atoms with E-state index in [1.54, 1.807) is 0 Å². The second kappa shape index (κ2) is 5.21. The van der Waals surface area contributed by atoms with Crippen LogP contribution in [-0.2, 0) is 26.6 Å². The standard InChI is InChI=1S/C16H19N3O2S/c1-18-13(10-2-3-10)7-12(17-18)8-19-5-4-11-6-14(16(20)21)22-15(11)9-19/h6-7,10H,2-5,8-9H2,1H3,(H,20,21). The molecule has 0 spiro atoms. The van der Waals surface area contributed by atoms with Crippen LogP contribution in [0.2, 0.25) is 0 Å². The number of nitrogens with zero attached hydrogens (tertiary/aromatic N) is 3. The van der Waals surface area contributed by atoms with Crippen LogP contribution in [0.5, 0.6) is 0 Å². The minimum absolute atomic E-state index is 0.459. The van der Waals surface area contributed by atoms with Crippen LogP contribution >= 0.6 is 11.3 Å². The van der Waals surface area contributed by atoms with E-state index in [4.69, 9.17) is 5.11 Å².